The first-order valence-electron chi connectivity index (χ1n) is 8.36. The Labute approximate surface area is 150 Å². The number of ether oxygens (including phenoxy) is 1. The van der Waals surface area contributed by atoms with E-state index in [9.17, 15) is 4.79 Å². The molecule has 0 bridgehead atoms. The molecule has 25 heavy (non-hydrogen) atoms. The summed E-state index contributed by atoms with van der Waals surface area (Å²) < 4.78 is 5.31. The molecule has 0 saturated heterocycles. The second-order valence-corrected chi connectivity index (χ2v) is 6.41. The summed E-state index contributed by atoms with van der Waals surface area (Å²) in [4.78, 5) is 14.6. The van der Waals surface area contributed by atoms with Crippen LogP contribution in [0.2, 0.25) is 0 Å². The number of amides is 2. The van der Waals surface area contributed by atoms with E-state index in [0.29, 0.717) is 11.4 Å². The highest BCUT2D eigenvalue weighted by Crippen LogP contribution is 2.26. The molecule has 5 heteroatoms. The maximum atomic E-state index is 12.5. The van der Waals surface area contributed by atoms with Crippen LogP contribution < -0.4 is 15.4 Å². The van der Waals surface area contributed by atoms with Gasteiger partial charge >= 0.3 is 6.03 Å². The van der Waals surface area contributed by atoms with Crippen LogP contribution >= 0.6 is 0 Å². The van der Waals surface area contributed by atoms with E-state index in [-0.39, 0.29) is 18.1 Å². The van der Waals surface area contributed by atoms with Crippen molar-refractivity contribution in [1.82, 2.24) is 10.2 Å². The minimum absolute atomic E-state index is 0.0753. The van der Waals surface area contributed by atoms with Gasteiger partial charge in [-0.1, -0.05) is 36.4 Å². The Hall–Kier alpha value is -2.53. The largest absolute Gasteiger partial charge is 0.495 e. The van der Waals surface area contributed by atoms with E-state index in [4.69, 9.17) is 4.74 Å². The summed E-state index contributed by atoms with van der Waals surface area (Å²) in [5.41, 5.74) is 2.88. The van der Waals surface area contributed by atoms with Gasteiger partial charge in [0.25, 0.3) is 0 Å². The highest BCUT2D eigenvalue weighted by Gasteiger charge is 2.23. The number of urea groups is 1. The third kappa shape index (κ3) is 4.97. The average Bonchev–Trinajstić information content (AvgIpc) is 2.55. The van der Waals surface area contributed by atoms with Crippen molar-refractivity contribution < 1.29 is 9.53 Å². The van der Waals surface area contributed by atoms with Crippen LogP contribution in [-0.4, -0.2) is 38.2 Å². The Morgan fingerprint density at radius 3 is 2.40 bits per heavy atom. The number of carbonyl (C=O) groups excluding carboxylic acids is 1. The fourth-order valence-corrected chi connectivity index (χ4v) is 3.05. The monoisotopic (exact) mass is 341 g/mol. The van der Waals surface area contributed by atoms with E-state index in [1.54, 1.807) is 7.11 Å². The summed E-state index contributed by atoms with van der Waals surface area (Å²) in [6.45, 7) is 3.98. The van der Waals surface area contributed by atoms with Gasteiger partial charge in [-0.15, -0.1) is 0 Å². The van der Waals surface area contributed by atoms with Gasteiger partial charge in [0.05, 0.1) is 18.8 Å². The molecule has 0 spiro atoms. The number of methoxy groups -OCH3 is 1. The molecule has 2 unspecified atom stereocenters. The zero-order valence-corrected chi connectivity index (χ0v) is 15.5. The lowest BCUT2D eigenvalue weighted by Gasteiger charge is -2.31. The zero-order chi connectivity index (χ0) is 18.4. The number of nitrogens with one attached hydrogen (secondary N) is 2. The summed E-state index contributed by atoms with van der Waals surface area (Å²) >= 11 is 0. The second-order valence-electron chi connectivity index (χ2n) is 6.41. The molecular formula is C20H27N3O2. The first-order chi connectivity index (χ1) is 11.9. The van der Waals surface area contributed by atoms with Crippen molar-refractivity contribution >= 4 is 11.7 Å². The van der Waals surface area contributed by atoms with E-state index in [1.807, 2.05) is 64.3 Å². The molecule has 0 radical (unpaired) electrons. The van der Waals surface area contributed by atoms with Crippen molar-refractivity contribution in [2.24, 2.45) is 0 Å². The predicted molar refractivity (Wildman–Crippen MR) is 102 cm³/mol. The van der Waals surface area contributed by atoms with Gasteiger partial charge in [-0.25, -0.2) is 4.79 Å². The van der Waals surface area contributed by atoms with Gasteiger partial charge < -0.3 is 20.3 Å². The molecule has 2 rings (SSSR count). The van der Waals surface area contributed by atoms with Crippen LogP contribution in [0.3, 0.4) is 0 Å². The van der Waals surface area contributed by atoms with E-state index in [0.717, 1.165) is 11.1 Å². The second kappa shape index (κ2) is 8.53. The van der Waals surface area contributed by atoms with Crippen molar-refractivity contribution in [3.63, 3.8) is 0 Å². The number of benzene rings is 2. The van der Waals surface area contributed by atoms with Crippen molar-refractivity contribution in [3.05, 3.63) is 59.7 Å². The maximum absolute atomic E-state index is 12.5. The molecule has 2 aromatic carbocycles. The SMILES string of the molecule is COc1ccc(C)cc1NC(=O)NC(C)C(c1ccccc1)N(C)C. The molecule has 0 saturated carbocycles. The topological polar surface area (TPSA) is 53.6 Å². The molecule has 5 nitrogen and oxygen atoms in total. The summed E-state index contributed by atoms with van der Waals surface area (Å²) in [6.07, 6.45) is 0. The van der Waals surface area contributed by atoms with Crippen molar-refractivity contribution in [2.75, 3.05) is 26.5 Å². The Morgan fingerprint density at radius 1 is 1.12 bits per heavy atom. The van der Waals surface area contributed by atoms with Crippen molar-refractivity contribution in [3.8, 4) is 5.75 Å². The number of aryl methyl sites for hydroxylation is 1. The predicted octanol–water partition coefficient (Wildman–Crippen LogP) is 3.82. The quantitative estimate of drug-likeness (QED) is 0.840. The number of anilines is 1. The Kier molecular flexibility index (Phi) is 6.42. The van der Waals surface area contributed by atoms with Gasteiger partial charge in [0.2, 0.25) is 0 Å². The standard InChI is InChI=1S/C20H27N3O2/c1-14-11-12-18(25-5)17(13-14)22-20(24)21-15(2)19(23(3)4)16-9-7-6-8-10-16/h6-13,15,19H,1-5H3,(H2,21,22,24). The number of nitrogens with zero attached hydrogens (tertiary/aromatic N) is 1. The van der Waals surface area contributed by atoms with Gasteiger partial charge in [0, 0.05) is 6.04 Å². The molecule has 2 aromatic rings. The highest BCUT2D eigenvalue weighted by molar-refractivity contribution is 5.91. The van der Waals surface area contributed by atoms with E-state index >= 15 is 0 Å². The average molecular weight is 341 g/mol. The summed E-state index contributed by atoms with van der Waals surface area (Å²) in [5.74, 6) is 0.639. The van der Waals surface area contributed by atoms with Gasteiger partial charge in [0.1, 0.15) is 5.75 Å². The van der Waals surface area contributed by atoms with E-state index in [2.05, 4.69) is 27.7 Å². The minimum Gasteiger partial charge on any atom is -0.495 e. The van der Waals surface area contributed by atoms with Crippen LogP contribution in [0.4, 0.5) is 10.5 Å². The fourth-order valence-electron chi connectivity index (χ4n) is 3.05. The number of rotatable bonds is 6. The van der Waals surface area contributed by atoms with Crippen LogP contribution in [0.1, 0.15) is 24.1 Å². The number of likely N-dealkylation sites (N-methyl/N-ethyl adjacent to an activating group) is 1. The van der Waals surface area contributed by atoms with E-state index in [1.165, 1.54) is 0 Å². The molecule has 0 heterocycles. The summed E-state index contributed by atoms with van der Waals surface area (Å²) in [7, 11) is 5.61. The zero-order valence-electron chi connectivity index (χ0n) is 15.5. The number of hydrogen-bond acceptors (Lipinski definition) is 3. The summed E-state index contributed by atoms with van der Waals surface area (Å²) in [6, 6.07) is 15.6. The summed E-state index contributed by atoms with van der Waals surface area (Å²) in [5, 5.41) is 5.92. The third-order valence-electron chi connectivity index (χ3n) is 4.13. The first-order valence-corrected chi connectivity index (χ1v) is 8.36. The minimum atomic E-state index is -0.251. The Bertz CT molecular complexity index is 701. The molecule has 2 atom stereocenters. The number of carbonyl (C=O) groups is 1. The van der Waals surface area contributed by atoms with Crippen LogP contribution in [0.5, 0.6) is 5.75 Å². The van der Waals surface area contributed by atoms with Crippen LogP contribution in [0.25, 0.3) is 0 Å². The molecule has 0 fully saturated rings. The smallest absolute Gasteiger partial charge is 0.319 e. The van der Waals surface area contributed by atoms with Crippen LogP contribution in [-0.2, 0) is 0 Å². The van der Waals surface area contributed by atoms with Crippen molar-refractivity contribution in [2.45, 2.75) is 25.9 Å². The third-order valence-corrected chi connectivity index (χ3v) is 4.13. The van der Waals surface area contributed by atoms with Crippen LogP contribution in [0, 0.1) is 6.92 Å². The fraction of sp³-hybridized carbons (Fsp3) is 0.350. The van der Waals surface area contributed by atoms with E-state index < -0.39 is 0 Å². The van der Waals surface area contributed by atoms with Crippen molar-refractivity contribution in [1.29, 1.82) is 0 Å². The highest BCUT2D eigenvalue weighted by atomic mass is 16.5. The molecule has 134 valence electrons. The Balaban J connectivity index is 2.10. The van der Waals surface area contributed by atoms with Gasteiger partial charge in [-0.3, -0.25) is 0 Å². The molecular weight excluding hydrogens is 314 g/mol. The molecule has 0 aliphatic rings. The van der Waals surface area contributed by atoms with Gasteiger partial charge in [-0.2, -0.15) is 0 Å². The maximum Gasteiger partial charge on any atom is 0.319 e. The number of hydrogen-bond donors (Lipinski definition) is 2. The molecule has 2 amide bonds. The molecule has 0 aliphatic carbocycles. The van der Waals surface area contributed by atoms with Gasteiger partial charge in [0.15, 0.2) is 0 Å². The lowest BCUT2D eigenvalue weighted by atomic mass is 9.99. The molecule has 2 N–H and O–H groups in total. The lowest BCUT2D eigenvalue weighted by Crippen LogP contribution is -2.44. The first kappa shape index (κ1) is 18.8. The van der Waals surface area contributed by atoms with Gasteiger partial charge in [-0.05, 0) is 51.2 Å². The molecule has 0 aliphatic heterocycles. The lowest BCUT2D eigenvalue weighted by molar-refractivity contribution is 0.223. The molecule has 0 aromatic heterocycles. The Morgan fingerprint density at radius 2 is 1.80 bits per heavy atom. The normalized spacial score (nSPS) is 13.2. The van der Waals surface area contributed by atoms with Crippen LogP contribution in [0.15, 0.2) is 48.5 Å².